The molecule has 6 nitrogen and oxygen atoms in total. The molecular formula is C16H20FN5O. The summed E-state index contributed by atoms with van der Waals surface area (Å²) in [5.74, 6) is 0.356. The Kier molecular flexibility index (Phi) is 4.95. The first-order chi connectivity index (χ1) is 11.2. The maximum atomic E-state index is 13.1. The fraction of sp³-hybridized carbons (Fsp3) is 0.500. The van der Waals surface area contributed by atoms with Crippen molar-refractivity contribution in [2.45, 2.75) is 38.8 Å². The third-order valence-electron chi connectivity index (χ3n) is 4.41. The van der Waals surface area contributed by atoms with Crippen LogP contribution in [0, 0.1) is 17.7 Å². The molecule has 1 aliphatic carbocycles. The Hall–Kier alpha value is -2.31. The summed E-state index contributed by atoms with van der Waals surface area (Å²) in [5, 5.41) is 14.1. The molecule has 1 N–H and O–H groups in total. The highest BCUT2D eigenvalue weighted by molar-refractivity contribution is 5.78. The second-order valence-corrected chi connectivity index (χ2v) is 6.10. The molecule has 0 atom stereocenters. The number of tetrazole rings is 1. The second-order valence-electron chi connectivity index (χ2n) is 6.10. The van der Waals surface area contributed by atoms with E-state index in [1.807, 2.05) is 6.07 Å². The van der Waals surface area contributed by atoms with E-state index < -0.39 is 0 Å². The van der Waals surface area contributed by atoms with Gasteiger partial charge in [-0.15, -0.1) is 5.10 Å². The van der Waals surface area contributed by atoms with E-state index >= 15 is 0 Å². The van der Waals surface area contributed by atoms with Crippen LogP contribution in [0.25, 0.3) is 0 Å². The van der Waals surface area contributed by atoms with Gasteiger partial charge < -0.3 is 5.32 Å². The van der Waals surface area contributed by atoms with Crippen molar-refractivity contribution in [3.63, 3.8) is 0 Å². The fourth-order valence-electron chi connectivity index (χ4n) is 3.12. The Morgan fingerprint density at radius 1 is 1.30 bits per heavy atom. The van der Waals surface area contributed by atoms with Gasteiger partial charge >= 0.3 is 0 Å². The van der Waals surface area contributed by atoms with Gasteiger partial charge in [-0.2, -0.15) is 0 Å². The van der Waals surface area contributed by atoms with E-state index in [4.69, 9.17) is 0 Å². The van der Waals surface area contributed by atoms with Gasteiger partial charge in [-0.05, 0) is 59.7 Å². The highest BCUT2D eigenvalue weighted by atomic mass is 19.1. The third kappa shape index (κ3) is 4.34. The number of nitrogens with one attached hydrogen (secondary N) is 1. The maximum Gasteiger partial charge on any atom is 0.223 e. The first-order valence-corrected chi connectivity index (χ1v) is 7.93. The topological polar surface area (TPSA) is 72.7 Å². The summed E-state index contributed by atoms with van der Waals surface area (Å²) >= 11 is 0. The molecule has 0 bridgehead atoms. The molecular weight excluding hydrogens is 297 g/mol. The number of hydrogen-bond donors (Lipinski definition) is 1. The van der Waals surface area contributed by atoms with Gasteiger partial charge in [0.15, 0.2) is 0 Å². The number of carbonyl (C=O) groups excluding carboxylic acids is 1. The summed E-state index contributed by atoms with van der Waals surface area (Å²) in [6.45, 7) is 1.19. The van der Waals surface area contributed by atoms with E-state index in [9.17, 15) is 9.18 Å². The minimum absolute atomic E-state index is 0.0497. The van der Waals surface area contributed by atoms with Crippen molar-refractivity contribution in [3.8, 4) is 0 Å². The van der Waals surface area contributed by atoms with E-state index in [-0.39, 0.29) is 17.6 Å². The Morgan fingerprint density at radius 2 is 2.13 bits per heavy atom. The highest BCUT2D eigenvalue weighted by Crippen LogP contribution is 2.29. The molecule has 122 valence electrons. The molecule has 0 unspecified atom stereocenters. The predicted octanol–water partition coefficient (Wildman–Crippen LogP) is 1.93. The summed E-state index contributed by atoms with van der Waals surface area (Å²) in [5.41, 5.74) is 0.783. The maximum absolute atomic E-state index is 13.1. The molecule has 1 amide bonds. The SMILES string of the molecule is O=C(NCc1cccc(F)c1)C1CCC(Cn2cnnn2)CC1. The summed E-state index contributed by atoms with van der Waals surface area (Å²) < 4.78 is 14.9. The van der Waals surface area contributed by atoms with Gasteiger partial charge in [0.2, 0.25) is 5.91 Å². The molecule has 7 heteroatoms. The Morgan fingerprint density at radius 3 is 2.83 bits per heavy atom. The molecule has 1 aromatic heterocycles. The second kappa shape index (κ2) is 7.30. The number of hydrogen-bond acceptors (Lipinski definition) is 4. The third-order valence-corrected chi connectivity index (χ3v) is 4.41. The number of nitrogens with zero attached hydrogens (tertiary/aromatic N) is 4. The van der Waals surface area contributed by atoms with Gasteiger partial charge in [0.25, 0.3) is 0 Å². The van der Waals surface area contributed by atoms with Crippen LogP contribution in [0.2, 0.25) is 0 Å². The first kappa shape index (κ1) is 15.6. The quantitative estimate of drug-likeness (QED) is 0.914. The van der Waals surface area contributed by atoms with E-state index in [0.717, 1.165) is 37.8 Å². The fourth-order valence-corrected chi connectivity index (χ4v) is 3.12. The lowest BCUT2D eigenvalue weighted by atomic mass is 9.81. The van der Waals surface area contributed by atoms with Crippen molar-refractivity contribution < 1.29 is 9.18 Å². The van der Waals surface area contributed by atoms with Gasteiger partial charge in [-0.25, -0.2) is 9.07 Å². The Balaban J connectivity index is 1.43. The van der Waals surface area contributed by atoms with Crippen LogP contribution in [0.4, 0.5) is 4.39 Å². The number of halogens is 1. The zero-order valence-electron chi connectivity index (χ0n) is 12.9. The first-order valence-electron chi connectivity index (χ1n) is 7.93. The number of carbonyl (C=O) groups is 1. The number of rotatable bonds is 5. The van der Waals surface area contributed by atoms with Crippen LogP contribution in [-0.4, -0.2) is 26.1 Å². The van der Waals surface area contributed by atoms with E-state index in [1.54, 1.807) is 17.1 Å². The van der Waals surface area contributed by atoms with Gasteiger partial charge in [0.05, 0.1) is 0 Å². The smallest absolute Gasteiger partial charge is 0.223 e. The summed E-state index contributed by atoms with van der Waals surface area (Å²) in [7, 11) is 0. The van der Waals surface area contributed by atoms with Crippen molar-refractivity contribution in [3.05, 3.63) is 42.0 Å². The highest BCUT2D eigenvalue weighted by Gasteiger charge is 2.26. The molecule has 1 heterocycles. The van der Waals surface area contributed by atoms with Crippen LogP contribution >= 0.6 is 0 Å². The molecule has 0 spiro atoms. The predicted molar refractivity (Wildman–Crippen MR) is 81.5 cm³/mol. The number of amides is 1. The zero-order chi connectivity index (χ0) is 16.1. The number of benzene rings is 1. The molecule has 3 rings (SSSR count). The summed E-state index contributed by atoms with van der Waals surface area (Å²) in [4.78, 5) is 12.2. The van der Waals surface area contributed by atoms with Gasteiger partial charge in [-0.3, -0.25) is 4.79 Å². The van der Waals surface area contributed by atoms with Crippen LogP contribution in [0.1, 0.15) is 31.2 Å². The Labute approximate surface area is 134 Å². The minimum atomic E-state index is -0.278. The number of aromatic nitrogens is 4. The average molecular weight is 317 g/mol. The van der Waals surface area contributed by atoms with Crippen molar-refractivity contribution in [1.82, 2.24) is 25.5 Å². The molecule has 2 aromatic rings. The standard InChI is InChI=1S/C16H20FN5O/c17-15-3-1-2-13(8-15)9-18-16(23)14-6-4-12(5-7-14)10-22-11-19-20-21-22/h1-3,8,11-12,14H,4-7,9-10H2,(H,18,23). The molecule has 1 saturated carbocycles. The van der Waals surface area contributed by atoms with E-state index in [1.165, 1.54) is 12.1 Å². The summed E-state index contributed by atoms with van der Waals surface area (Å²) in [6.07, 6.45) is 5.37. The molecule has 1 aromatic carbocycles. The molecule has 1 aliphatic rings. The van der Waals surface area contributed by atoms with Crippen LogP contribution in [0.15, 0.2) is 30.6 Å². The Bertz CT molecular complexity index is 638. The molecule has 1 fully saturated rings. The molecule has 0 radical (unpaired) electrons. The molecule has 0 saturated heterocycles. The normalized spacial score (nSPS) is 21.1. The van der Waals surface area contributed by atoms with Gasteiger partial charge in [-0.1, -0.05) is 12.1 Å². The monoisotopic (exact) mass is 317 g/mol. The van der Waals surface area contributed by atoms with Gasteiger partial charge in [0.1, 0.15) is 12.1 Å². The molecule has 23 heavy (non-hydrogen) atoms. The average Bonchev–Trinajstić information content (AvgIpc) is 3.06. The zero-order valence-corrected chi connectivity index (χ0v) is 12.9. The van der Waals surface area contributed by atoms with Crippen molar-refractivity contribution in [1.29, 1.82) is 0 Å². The van der Waals surface area contributed by atoms with Crippen LogP contribution in [0.5, 0.6) is 0 Å². The van der Waals surface area contributed by atoms with Crippen molar-refractivity contribution in [2.75, 3.05) is 0 Å². The van der Waals surface area contributed by atoms with E-state index in [2.05, 4.69) is 20.8 Å². The van der Waals surface area contributed by atoms with Gasteiger partial charge in [0, 0.05) is 19.0 Å². The van der Waals surface area contributed by atoms with Crippen molar-refractivity contribution in [2.24, 2.45) is 11.8 Å². The lowest BCUT2D eigenvalue weighted by Gasteiger charge is -2.27. The largest absolute Gasteiger partial charge is 0.352 e. The van der Waals surface area contributed by atoms with Crippen LogP contribution in [-0.2, 0) is 17.9 Å². The van der Waals surface area contributed by atoms with E-state index in [0.29, 0.717) is 12.5 Å². The van der Waals surface area contributed by atoms with Crippen LogP contribution < -0.4 is 5.32 Å². The minimum Gasteiger partial charge on any atom is -0.352 e. The van der Waals surface area contributed by atoms with Crippen LogP contribution in [0.3, 0.4) is 0 Å². The molecule has 0 aliphatic heterocycles. The lowest BCUT2D eigenvalue weighted by Crippen LogP contribution is -2.33. The summed E-state index contributed by atoms with van der Waals surface area (Å²) in [6, 6.07) is 6.31. The van der Waals surface area contributed by atoms with Crippen molar-refractivity contribution >= 4 is 5.91 Å². The lowest BCUT2D eigenvalue weighted by molar-refractivity contribution is -0.126.